The molecule has 2 aromatic heterocycles. The van der Waals surface area contributed by atoms with Gasteiger partial charge in [0.25, 0.3) is 5.91 Å². The highest BCUT2D eigenvalue weighted by molar-refractivity contribution is 7.17. The summed E-state index contributed by atoms with van der Waals surface area (Å²) < 4.78 is 25.0. The molecule has 0 radical (unpaired) electrons. The number of hydrogen-bond donors (Lipinski definition) is 1. The first-order valence-electron chi connectivity index (χ1n) is 8.72. The number of nitrogens with zero attached hydrogens (tertiary/aromatic N) is 1. The molecule has 4 rings (SSSR count). The van der Waals surface area contributed by atoms with E-state index in [-0.39, 0.29) is 35.9 Å². The van der Waals surface area contributed by atoms with Crippen molar-refractivity contribution in [2.75, 3.05) is 6.54 Å². The van der Waals surface area contributed by atoms with Crippen LogP contribution in [0.25, 0.3) is 10.4 Å². The minimum Gasteiger partial charge on any atom is -0.487 e. The maximum absolute atomic E-state index is 14.1. The van der Waals surface area contributed by atoms with Crippen LogP contribution in [0.4, 0.5) is 4.39 Å². The Balaban J connectivity index is 1.51. The predicted octanol–water partition coefficient (Wildman–Crippen LogP) is 3.79. The maximum atomic E-state index is 14.1. The second kappa shape index (κ2) is 7.20. The number of amides is 1. The zero-order valence-electron chi connectivity index (χ0n) is 15.2. The van der Waals surface area contributed by atoms with Gasteiger partial charge in [0.15, 0.2) is 11.5 Å². The normalized spacial score (nSPS) is 15.2. The number of carbonyl (C=O) groups is 2. The van der Waals surface area contributed by atoms with Gasteiger partial charge in [-0.2, -0.15) is 0 Å². The Labute approximate surface area is 164 Å². The third-order valence-corrected chi connectivity index (χ3v) is 5.65. The van der Waals surface area contributed by atoms with Crippen LogP contribution in [0.15, 0.2) is 34.9 Å². The van der Waals surface area contributed by atoms with Crippen molar-refractivity contribution >= 4 is 23.0 Å². The van der Waals surface area contributed by atoms with Gasteiger partial charge < -0.3 is 14.6 Å². The van der Waals surface area contributed by atoms with Crippen molar-refractivity contribution in [2.45, 2.75) is 26.4 Å². The number of aryl methyl sites for hydroxylation is 1. The smallest absolute Gasteiger partial charge is 0.273 e. The molecule has 0 fully saturated rings. The molecule has 0 bridgehead atoms. The number of halogens is 1. The number of fused-ring (bicyclic) bond motifs is 1. The van der Waals surface area contributed by atoms with Gasteiger partial charge in [0.1, 0.15) is 23.4 Å². The molecule has 3 heterocycles. The van der Waals surface area contributed by atoms with Crippen LogP contribution in [0.3, 0.4) is 0 Å². The summed E-state index contributed by atoms with van der Waals surface area (Å²) in [5.74, 6) is 0.393. The second-order valence-electron chi connectivity index (χ2n) is 6.64. The number of thiophene rings is 1. The number of rotatable bonds is 5. The fraction of sp³-hybridized carbons (Fsp3) is 0.250. The lowest BCUT2D eigenvalue weighted by Crippen LogP contribution is -2.34. The standard InChI is InChI=1S/C20H17FN2O4S/c1-10-5-16(23-27-10)20(25)22-9-14-7-12-6-13(21)8-15(19(12)26-14)18-4-3-17(28-18)11(2)24/h3-6,8,14H,7,9H2,1-2H3,(H,22,25). The van der Waals surface area contributed by atoms with Gasteiger partial charge in [0.2, 0.25) is 0 Å². The summed E-state index contributed by atoms with van der Waals surface area (Å²) in [6, 6.07) is 7.93. The Morgan fingerprint density at radius 2 is 2.14 bits per heavy atom. The summed E-state index contributed by atoms with van der Waals surface area (Å²) in [7, 11) is 0. The predicted molar refractivity (Wildman–Crippen MR) is 101 cm³/mol. The molecule has 8 heteroatoms. The third-order valence-electron chi connectivity index (χ3n) is 4.43. The quantitative estimate of drug-likeness (QED) is 0.659. The van der Waals surface area contributed by atoms with Gasteiger partial charge in [-0.15, -0.1) is 11.3 Å². The van der Waals surface area contributed by atoms with E-state index in [1.54, 1.807) is 25.1 Å². The summed E-state index contributed by atoms with van der Waals surface area (Å²) >= 11 is 1.30. The maximum Gasteiger partial charge on any atom is 0.273 e. The molecule has 1 unspecified atom stereocenters. The number of aromatic nitrogens is 1. The van der Waals surface area contributed by atoms with Crippen LogP contribution in [0, 0.1) is 12.7 Å². The number of benzene rings is 1. The van der Waals surface area contributed by atoms with Crippen molar-refractivity contribution < 1.29 is 23.2 Å². The molecule has 1 aliphatic rings. The van der Waals surface area contributed by atoms with Crippen molar-refractivity contribution in [2.24, 2.45) is 0 Å². The average Bonchev–Trinajstić information content (AvgIpc) is 3.37. The van der Waals surface area contributed by atoms with Crippen LogP contribution in [0.2, 0.25) is 0 Å². The van der Waals surface area contributed by atoms with Crippen LogP contribution in [0.5, 0.6) is 5.75 Å². The number of ether oxygens (including phenoxy) is 1. The van der Waals surface area contributed by atoms with Gasteiger partial charge in [-0.05, 0) is 38.1 Å². The highest BCUT2D eigenvalue weighted by Crippen LogP contribution is 2.42. The molecule has 28 heavy (non-hydrogen) atoms. The van der Waals surface area contributed by atoms with Gasteiger partial charge in [0.05, 0.1) is 11.4 Å². The number of carbonyl (C=O) groups excluding carboxylic acids is 2. The van der Waals surface area contributed by atoms with Crippen molar-refractivity contribution in [3.63, 3.8) is 0 Å². The average molecular weight is 400 g/mol. The molecule has 3 aromatic rings. The van der Waals surface area contributed by atoms with Crippen molar-refractivity contribution in [1.82, 2.24) is 10.5 Å². The van der Waals surface area contributed by atoms with Crippen molar-refractivity contribution in [3.8, 4) is 16.2 Å². The summed E-state index contributed by atoms with van der Waals surface area (Å²) in [5, 5.41) is 6.44. The molecule has 1 aliphatic heterocycles. The van der Waals surface area contributed by atoms with Gasteiger partial charge in [0, 0.05) is 28.5 Å². The van der Waals surface area contributed by atoms with Gasteiger partial charge in [-0.1, -0.05) is 5.16 Å². The van der Waals surface area contributed by atoms with E-state index in [1.807, 2.05) is 0 Å². The van der Waals surface area contributed by atoms with E-state index >= 15 is 0 Å². The van der Waals surface area contributed by atoms with E-state index in [1.165, 1.54) is 30.4 Å². The molecular weight excluding hydrogens is 383 g/mol. The fourth-order valence-electron chi connectivity index (χ4n) is 3.13. The van der Waals surface area contributed by atoms with E-state index < -0.39 is 0 Å². The number of ketones is 1. The van der Waals surface area contributed by atoms with Crippen LogP contribution in [-0.4, -0.2) is 29.5 Å². The Bertz CT molecular complexity index is 1070. The van der Waals surface area contributed by atoms with Crippen molar-refractivity contribution in [3.05, 3.63) is 58.0 Å². The number of nitrogens with one attached hydrogen (secondary N) is 1. The molecule has 1 N–H and O–H groups in total. The molecule has 6 nitrogen and oxygen atoms in total. The SMILES string of the molecule is CC(=O)c1ccc(-c2cc(F)cc3c2OC(CNC(=O)c2cc(C)on2)C3)s1. The Kier molecular flexibility index (Phi) is 4.72. The van der Waals surface area contributed by atoms with Crippen LogP contribution in [0.1, 0.15) is 38.4 Å². The molecule has 0 aliphatic carbocycles. The molecule has 1 amide bonds. The van der Waals surface area contributed by atoms with Gasteiger partial charge >= 0.3 is 0 Å². The van der Waals surface area contributed by atoms with E-state index in [9.17, 15) is 14.0 Å². The minimum absolute atomic E-state index is 0.0334. The minimum atomic E-state index is -0.363. The van der Waals surface area contributed by atoms with Crippen LogP contribution >= 0.6 is 11.3 Å². The highest BCUT2D eigenvalue weighted by atomic mass is 32.1. The Morgan fingerprint density at radius 1 is 1.32 bits per heavy atom. The first-order valence-corrected chi connectivity index (χ1v) is 9.54. The molecule has 0 saturated heterocycles. The Morgan fingerprint density at radius 3 is 2.82 bits per heavy atom. The monoisotopic (exact) mass is 400 g/mol. The van der Waals surface area contributed by atoms with Crippen molar-refractivity contribution in [1.29, 1.82) is 0 Å². The first-order chi connectivity index (χ1) is 13.4. The largest absolute Gasteiger partial charge is 0.487 e. The van der Waals surface area contributed by atoms with E-state index in [4.69, 9.17) is 9.26 Å². The summed E-state index contributed by atoms with van der Waals surface area (Å²) in [6.45, 7) is 3.46. The molecular formula is C20H17FN2O4S. The summed E-state index contributed by atoms with van der Waals surface area (Å²) in [6.07, 6.45) is 0.156. The lowest BCUT2D eigenvalue weighted by molar-refractivity contribution is 0.0924. The van der Waals surface area contributed by atoms with E-state index in [2.05, 4.69) is 10.5 Å². The fourth-order valence-corrected chi connectivity index (χ4v) is 4.05. The first kappa shape index (κ1) is 18.4. The van der Waals surface area contributed by atoms with Crippen LogP contribution in [-0.2, 0) is 6.42 Å². The van der Waals surface area contributed by atoms with Crippen LogP contribution < -0.4 is 10.1 Å². The van der Waals surface area contributed by atoms with Gasteiger partial charge in [-0.25, -0.2) is 4.39 Å². The van der Waals surface area contributed by atoms with E-state index in [0.717, 1.165) is 10.4 Å². The molecule has 1 aromatic carbocycles. The lowest BCUT2D eigenvalue weighted by Gasteiger charge is -2.12. The van der Waals surface area contributed by atoms with E-state index in [0.29, 0.717) is 28.4 Å². The zero-order chi connectivity index (χ0) is 19.8. The zero-order valence-corrected chi connectivity index (χ0v) is 16.1. The number of Topliss-reactive ketones (excluding diaryl/α,β-unsaturated/α-hetero) is 1. The lowest BCUT2D eigenvalue weighted by atomic mass is 10.0. The summed E-state index contributed by atoms with van der Waals surface area (Å²) in [5.41, 5.74) is 1.56. The molecule has 0 spiro atoms. The molecule has 144 valence electrons. The summed E-state index contributed by atoms with van der Waals surface area (Å²) in [4.78, 5) is 25.1. The third kappa shape index (κ3) is 3.55. The number of hydrogen-bond acceptors (Lipinski definition) is 6. The molecule has 0 saturated carbocycles. The van der Waals surface area contributed by atoms with Gasteiger partial charge in [-0.3, -0.25) is 9.59 Å². The highest BCUT2D eigenvalue weighted by Gasteiger charge is 2.28. The Hall–Kier alpha value is -3.00. The molecule has 1 atom stereocenters. The second-order valence-corrected chi connectivity index (χ2v) is 7.72. The topological polar surface area (TPSA) is 81.4 Å².